The molecule has 1 saturated heterocycles. The van der Waals surface area contributed by atoms with Crippen molar-refractivity contribution >= 4 is 5.91 Å². The van der Waals surface area contributed by atoms with E-state index >= 15 is 0 Å². The SMILES string of the molecule is CC1(C)CC(=CC(N)=O)CCO1. The normalized spacial score (nSPS) is 25.7. The molecular formula is C9H15NO2. The molecule has 0 aromatic rings. The summed E-state index contributed by atoms with van der Waals surface area (Å²) >= 11 is 0. The van der Waals surface area contributed by atoms with Gasteiger partial charge in [-0.05, 0) is 26.7 Å². The topological polar surface area (TPSA) is 52.3 Å². The molecule has 0 radical (unpaired) electrons. The van der Waals surface area contributed by atoms with Gasteiger partial charge in [-0.3, -0.25) is 4.79 Å². The molecule has 0 unspecified atom stereocenters. The summed E-state index contributed by atoms with van der Waals surface area (Å²) in [7, 11) is 0. The van der Waals surface area contributed by atoms with Gasteiger partial charge >= 0.3 is 0 Å². The zero-order valence-electron chi connectivity index (χ0n) is 7.59. The lowest BCUT2D eigenvalue weighted by molar-refractivity contribution is -0.113. The average molecular weight is 169 g/mol. The van der Waals surface area contributed by atoms with Gasteiger partial charge < -0.3 is 10.5 Å². The molecule has 1 amide bonds. The van der Waals surface area contributed by atoms with Gasteiger partial charge in [0.15, 0.2) is 0 Å². The highest BCUT2D eigenvalue weighted by Crippen LogP contribution is 2.27. The van der Waals surface area contributed by atoms with Gasteiger partial charge in [0.1, 0.15) is 0 Å². The molecule has 1 aliphatic rings. The number of rotatable bonds is 1. The van der Waals surface area contributed by atoms with Crippen LogP contribution in [0.1, 0.15) is 26.7 Å². The van der Waals surface area contributed by atoms with E-state index in [-0.39, 0.29) is 11.5 Å². The van der Waals surface area contributed by atoms with Gasteiger partial charge in [-0.15, -0.1) is 0 Å². The maximum atomic E-state index is 10.6. The van der Waals surface area contributed by atoms with Crippen molar-refractivity contribution in [1.82, 2.24) is 0 Å². The molecule has 68 valence electrons. The highest BCUT2D eigenvalue weighted by atomic mass is 16.5. The van der Waals surface area contributed by atoms with Crippen LogP contribution >= 0.6 is 0 Å². The fourth-order valence-electron chi connectivity index (χ4n) is 1.47. The first kappa shape index (κ1) is 9.26. The molecule has 0 atom stereocenters. The van der Waals surface area contributed by atoms with Crippen LogP contribution in [0.15, 0.2) is 11.6 Å². The van der Waals surface area contributed by atoms with Gasteiger partial charge in [0.2, 0.25) is 5.91 Å². The molecule has 1 heterocycles. The lowest BCUT2D eigenvalue weighted by Gasteiger charge is -2.31. The summed E-state index contributed by atoms with van der Waals surface area (Å²) in [6.45, 7) is 4.72. The average Bonchev–Trinajstić information content (AvgIpc) is 1.82. The third-order valence-electron chi connectivity index (χ3n) is 1.92. The molecule has 1 rings (SSSR count). The monoisotopic (exact) mass is 169 g/mol. The number of nitrogens with two attached hydrogens (primary N) is 1. The Bertz CT molecular complexity index is 219. The van der Waals surface area contributed by atoms with Crippen molar-refractivity contribution in [2.75, 3.05) is 6.61 Å². The minimum absolute atomic E-state index is 0.139. The summed E-state index contributed by atoms with van der Waals surface area (Å²) in [5.74, 6) is -0.359. The van der Waals surface area contributed by atoms with Crippen LogP contribution in [0.2, 0.25) is 0 Å². The Morgan fingerprint density at radius 1 is 1.67 bits per heavy atom. The van der Waals surface area contributed by atoms with Crippen LogP contribution in [-0.2, 0) is 9.53 Å². The second kappa shape index (κ2) is 3.27. The smallest absolute Gasteiger partial charge is 0.241 e. The molecule has 2 N–H and O–H groups in total. The number of hydrogen-bond donors (Lipinski definition) is 1. The molecule has 1 fully saturated rings. The molecule has 12 heavy (non-hydrogen) atoms. The van der Waals surface area contributed by atoms with Gasteiger partial charge in [0, 0.05) is 6.08 Å². The zero-order chi connectivity index (χ0) is 9.19. The Morgan fingerprint density at radius 2 is 2.33 bits per heavy atom. The first-order valence-corrected chi connectivity index (χ1v) is 4.12. The molecule has 0 saturated carbocycles. The number of hydrogen-bond acceptors (Lipinski definition) is 2. The first-order chi connectivity index (χ1) is 5.49. The number of primary amides is 1. The predicted molar refractivity (Wildman–Crippen MR) is 46.5 cm³/mol. The Kier molecular flexibility index (Phi) is 2.52. The predicted octanol–water partition coefficient (Wildman–Crippen LogP) is 0.987. The summed E-state index contributed by atoms with van der Waals surface area (Å²) in [5, 5.41) is 0. The Balaban J connectivity index is 2.64. The maximum absolute atomic E-state index is 10.6. The first-order valence-electron chi connectivity index (χ1n) is 4.12. The van der Waals surface area contributed by atoms with E-state index in [9.17, 15) is 4.79 Å². The molecular weight excluding hydrogens is 154 g/mol. The summed E-state index contributed by atoms with van der Waals surface area (Å²) in [5.41, 5.74) is 6.01. The molecule has 0 aromatic carbocycles. The van der Waals surface area contributed by atoms with Gasteiger partial charge in [-0.1, -0.05) is 5.57 Å². The largest absolute Gasteiger partial charge is 0.375 e. The van der Waals surface area contributed by atoms with E-state index in [0.717, 1.165) is 18.4 Å². The molecule has 0 aliphatic carbocycles. The van der Waals surface area contributed by atoms with Crippen LogP contribution in [-0.4, -0.2) is 18.1 Å². The van der Waals surface area contributed by atoms with Crippen molar-refractivity contribution in [2.24, 2.45) is 5.73 Å². The van der Waals surface area contributed by atoms with Gasteiger partial charge in [-0.2, -0.15) is 0 Å². The van der Waals surface area contributed by atoms with Gasteiger partial charge in [0.05, 0.1) is 12.2 Å². The van der Waals surface area contributed by atoms with E-state index in [1.54, 1.807) is 0 Å². The molecule has 3 nitrogen and oxygen atoms in total. The highest BCUT2D eigenvalue weighted by molar-refractivity contribution is 5.86. The van der Waals surface area contributed by atoms with Crippen molar-refractivity contribution in [1.29, 1.82) is 0 Å². The lowest BCUT2D eigenvalue weighted by Crippen LogP contribution is -2.30. The third kappa shape index (κ3) is 2.66. The summed E-state index contributed by atoms with van der Waals surface area (Å²) < 4.78 is 5.48. The Labute approximate surface area is 72.6 Å². The summed E-state index contributed by atoms with van der Waals surface area (Å²) in [6.07, 6.45) is 3.15. The van der Waals surface area contributed by atoms with Crippen LogP contribution in [0, 0.1) is 0 Å². The van der Waals surface area contributed by atoms with Crippen molar-refractivity contribution in [3.63, 3.8) is 0 Å². The van der Waals surface area contributed by atoms with E-state index in [1.165, 1.54) is 6.08 Å². The molecule has 3 heteroatoms. The van der Waals surface area contributed by atoms with E-state index in [2.05, 4.69) is 0 Å². The van der Waals surface area contributed by atoms with Crippen LogP contribution in [0.25, 0.3) is 0 Å². The van der Waals surface area contributed by atoms with E-state index in [0.29, 0.717) is 6.61 Å². The molecule has 0 aromatic heterocycles. The number of amides is 1. The van der Waals surface area contributed by atoms with Crippen molar-refractivity contribution in [3.8, 4) is 0 Å². The second-order valence-corrected chi connectivity index (χ2v) is 3.74. The minimum atomic E-state index is -0.359. The third-order valence-corrected chi connectivity index (χ3v) is 1.92. The summed E-state index contributed by atoms with van der Waals surface area (Å²) in [4.78, 5) is 10.6. The zero-order valence-corrected chi connectivity index (χ0v) is 7.59. The Morgan fingerprint density at radius 3 is 2.83 bits per heavy atom. The van der Waals surface area contributed by atoms with Crippen LogP contribution < -0.4 is 5.73 Å². The van der Waals surface area contributed by atoms with E-state index in [1.807, 2.05) is 13.8 Å². The van der Waals surface area contributed by atoms with Crippen LogP contribution in [0.4, 0.5) is 0 Å². The fraction of sp³-hybridized carbons (Fsp3) is 0.667. The van der Waals surface area contributed by atoms with Gasteiger partial charge in [-0.25, -0.2) is 0 Å². The van der Waals surface area contributed by atoms with E-state index < -0.39 is 0 Å². The number of carbonyl (C=O) groups is 1. The quantitative estimate of drug-likeness (QED) is 0.595. The maximum Gasteiger partial charge on any atom is 0.241 e. The Hall–Kier alpha value is -0.830. The standard InChI is InChI=1S/C9H15NO2/c1-9(2)6-7(3-4-12-9)5-8(10)11/h5H,3-4,6H2,1-2H3,(H2,10,11). The van der Waals surface area contributed by atoms with Crippen molar-refractivity contribution in [2.45, 2.75) is 32.3 Å². The van der Waals surface area contributed by atoms with E-state index in [4.69, 9.17) is 10.5 Å². The van der Waals surface area contributed by atoms with Crippen molar-refractivity contribution < 1.29 is 9.53 Å². The fourth-order valence-corrected chi connectivity index (χ4v) is 1.47. The molecule has 0 spiro atoms. The highest BCUT2D eigenvalue weighted by Gasteiger charge is 2.24. The molecule has 1 aliphatic heterocycles. The van der Waals surface area contributed by atoms with Crippen molar-refractivity contribution in [3.05, 3.63) is 11.6 Å². The molecule has 0 bridgehead atoms. The van der Waals surface area contributed by atoms with Crippen LogP contribution in [0.3, 0.4) is 0 Å². The second-order valence-electron chi connectivity index (χ2n) is 3.74. The number of ether oxygens (including phenoxy) is 1. The number of carbonyl (C=O) groups excluding carboxylic acids is 1. The minimum Gasteiger partial charge on any atom is -0.375 e. The lowest BCUT2D eigenvalue weighted by atomic mass is 9.93. The van der Waals surface area contributed by atoms with Gasteiger partial charge in [0.25, 0.3) is 0 Å². The van der Waals surface area contributed by atoms with Crippen LogP contribution in [0.5, 0.6) is 0 Å². The summed E-state index contributed by atoms with van der Waals surface area (Å²) in [6, 6.07) is 0.